The molecular formula is C20H19FN2O2S. The Morgan fingerprint density at radius 1 is 1.15 bits per heavy atom. The van der Waals surface area contributed by atoms with Gasteiger partial charge in [0.15, 0.2) is 17.3 Å². The SMILES string of the molecule is COc1cc(-c2csc(-c3cccc(N4CCCC4)c3)n2)cc(F)c1O. The molecule has 0 radical (unpaired) electrons. The summed E-state index contributed by atoms with van der Waals surface area (Å²) in [5, 5.41) is 12.4. The number of hydrogen-bond acceptors (Lipinski definition) is 5. The van der Waals surface area contributed by atoms with E-state index in [4.69, 9.17) is 4.74 Å². The Kier molecular flexibility index (Phi) is 4.51. The minimum absolute atomic E-state index is 0.102. The molecule has 4 rings (SSSR count). The zero-order chi connectivity index (χ0) is 18.1. The molecule has 4 nitrogen and oxygen atoms in total. The van der Waals surface area contributed by atoms with Crippen molar-refractivity contribution in [3.05, 3.63) is 47.6 Å². The maximum absolute atomic E-state index is 13.9. The molecule has 1 aliphatic heterocycles. The average Bonchev–Trinajstić information content (AvgIpc) is 3.36. The number of rotatable bonds is 4. The number of methoxy groups -OCH3 is 1. The number of aromatic hydroxyl groups is 1. The summed E-state index contributed by atoms with van der Waals surface area (Å²) in [7, 11) is 1.40. The minimum atomic E-state index is -0.718. The molecule has 1 N–H and O–H groups in total. The van der Waals surface area contributed by atoms with E-state index in [1.165, 1.54) is 43.0 Å². The third-order valence-corrected chi connectivity index (χ3v) is 5.50. The lowest BCUT2D eigenvalue weighted by molar-refractivity contribution is 0.357. The number of hydrogen-bond donors (Lipinski definition) is 1. The summed E-state index contributed by atoms with van der Waals surface area (Å²) in [5.41, 5.74) is 3.51. The Morgan fingerprint density at radius 2 is 1.96 bits per heavy atom. The van der Waals surface area contributed by atoms with E-state index in [1.807, 2.05) is 17.5 Å². The number of thiazole rings is 1. The van der Waals surface area contributed by atoms with E-state index in [-0.39, 0.29) is 5.75 Å². The van der Waals surface area contributed by atoms with Crippen molar-refractivity contribution in [2.75, 3.05) is 25.1 Å². The highest BCUT2D eigenvalue weighted by Crippen LogP contribution is 2.36. The van der Waals surface area contributed by atoms with Crippen molar-refractivity contribution < 1.29 is 14.2 Å². The van der Waals surface area contributed by atoms with Crippen molar-refractivity contribution in [1.29, 1.82) is 0 Å². The second-order valence-corrected chi connectivity index (χ2v) is 7.15. The van der Waals surface area contributed by atoms with Crippen molar-refractivity contribution in [3.63, 3.8) is 0 Å². The highest BCUT2D eigenvalue weighted by atomic mass is 32.1. The third kappa shape index (κ3) is 3.12. The molecule has 0 unspecified atom stereocenters. The van der Waals surface area contributed by atoms with E-state index < -0.39 is 11.6 Å². The molecular weight excluding hydrogens is 351 g/mol. The van der Waals surface area contributed by atoms with E-state index in [9.17, 15) is 9.50 Å². The van der Waals surface area contributed by atoms with Crippen LogP contribution in [0.1, 0.15) is 12.8 Å². The van der Waals surface area contributed by atoms with Crippen molar-refractivity contribution in [3.8, 4) is 33.3 Å². The van der Waals surface area contributed by atoms with Crippen LogP contribution in [0, 0.1) is 5.82 Å². The fourth-order valence-electron chi connectivity index (χ4n) is 3.23. The average molecular weight is 370 g/mol. The van der Waals surface area contributed by atoms with Gasteiger partial charge in [0, 0.05) is 35.3 Å². The van der Waals surface area contributed by atoms with Crippen LogP contribution in [0.4, 0.5) is 10.1 Å². The second-order valence-electron chi connectivity index (χ2n) is 6.29. The normalized spacial score (nSPS) is 14.0. The summed E-state index contributed by atoms with van der Waals surface area (Å²) in [5.74, 6) is -1.10. The van der Waals surface area contributed by atoms with Crippen LogP contribution in [0.25, 0.3) is 21.8 Å². The zero-order valence-electron chi connectivity index (χ0n) is 14.4. The topological polar surface area (TPSA) is 45.6 Å². The first-order valence-corrected chi connectivity index (χ1v) is 9.41. The molecule has 1 fully saturated rings. The molecule has 0 bridgehead atoms. The highest BCUT2D eigenvalue weighted by molar-refractivity contribution is 7.13. The van der Waals surface area contributed by atoms with Gasteiger partial charge in [-0.3, -0.25) is 0 Å². The molecule has 2 aromatic carbocycles. The molecule has 1 saturated heterocycles. The Hall–Kier alpha value is -2.60. The fourth-order valence-corrected chi connectivity index (χ4v) is 4.05. The first-order chi connectivity index (χ1) is 12.7. The lowest BCUT2D eigenvalue weighted by atomic mass is 10.1. The number of benzene rings is 2. The van der Waals surface area contributed by atoms with Gasteiger partial charge >= 0.3 is 0 Å². The first-order valence-electron chi connectivity index (χ1n) is 8.53. The predicted molar refractivity (Wildman–Crippen MR) is 103 cm³/mol. The van der Waals surface area contributed by atoms with Crippen LogP contribution in [0.3, 0.4) is 0 Å². The van der Waals surface area contributed by atoms with Crippen molar-refractivity contribution in [2.24, 2.45) is 0 Å². The molecule has 0 saturated carbocycles. The molecule has 134 valence electrons. The summed E-state index contributed by atoms with van der Waals surface area (Å²) in [6, 6.07) is 11.2. The maximum atomic E-state index is 13.9. The summed E-state index contributed by atoms with van der Waals surface area (Å²) in [6.07, 6.45) is 2.47. The molecule has 0 atom stereocenters. The van der Waals surface area contributed by atoms with Crippen LogP contribution in [-0.4, -0.2) is 30.3 Å². The number of phenolic OH excluding ortho intramolecular Hbond substituents is 1. The number of anilines is 1. The molecule has 1 aliphatic rings. The second kappa shape index (κ2) is 6.96. The minimum Gasteiger partial charge on any atom is -0.502 e. The molecule has 3 aromatic rings. The van der Waals surface area contributed by atoms with E-state index in [2.05, 4.69) is 22.0 Å². The number of halogens is 1. The number of aromatic nitrogens is 1. The summed E-state index contributed by atoms with van der Waals surface area (Å²) >= 11 is 1.52. The van der Waals surface area contributed by atoms with Crippen molar-refractivity contribution >= 4 is 17.0 Å². The van der Waals surface area contributed by atoms with Gasteiger partial charge < -0.3 is 14.7 Å². The number of ether oxygens (including phenoxy) is 1. The molecule has 0 aliphatic carbocycles. The van der Waals surface area contributed by atoms with Crippen molar-refractivity contribution in [2.45, 2.75) is 12.8 Å². The summed E-state index contributed by atoms with van der Waals surface area (Å²) in [6.45, 7) is 2.19. The van der Waals surface area contributed by atoms with Gasteiger partial charge in [-0.25, -0.2) is 9.37 Å². The Bertz CT molecular complexity index is 935. The van der Waals surface area contributed by atoms with E-state index >= 15 is 0 Å². The van der Waals surface area contributed by atoms with Crippen molar-refractivity contribution in [1.82, 2.24) is 4.98 Å². The molecule has 6 heteroatoms. The Balaban J connectivity index is 1.66. The molecule has 1 aromatic heterocycles. The molecule has 26 heavy (non-hydrogen) atoms. The summed E-state index contributed by atoms with van der Waals surface area (Å²) < 4.78 is 18.9. The van der Waals surface area contributed by atoms with Gasteiger partial charge in [-0.2, -0.15) is 0 Å². The number of nitrogens with zero attached hydrogens (tertiary/aromatic N) is 2. The molecule has 2 heterocycles. The van der Waals surface area contributed by atoms with Crippen LogP contribution in [0.5, 0.6) is 11.5 Å². The van der Waals surface area contributed by atoms with E-state index in [0.29, 0.717) is 11.3 Å². The van der Waals surface area contributed by atoms with E-state index in [1.54, 1.807) is 6.07 Å². The third-order valence-electron chi connectivity index (χ3n) is 4.61. The van der Waals surface area contributed by atoms with E-state index in [0.717, 1.165) is 23.7 Å². The standard InChI is InChI=1S/C20H19FN2O2S/c1-25-18-11-14(10-16(21)19(18)24)17-12-26-20(22-17)13-5-4-6-15(9-13)23-7-2-3-8-23/h4-6,9-12,24H,2-3,7-8H2,1H3. The van der Waals surface area contributed by atoms with Gasteiger partial charge in [0.05, 0.1) is 12.8 Å². The summed E-state index contributed by atoms with van der Waals surface area (Å²) in [4.78, 5) is 7.05. The highest BCUT2D eigenvalue weighted by Gasteiger charge is 2.16. The number of phenols is 1. The van der Waals surface area contributed by atoms with Gasteiger partial charge in [0.25, 0.3) is 0 Å². The van der Waals surface area contributed by atoms with Gasteiger partial charge in [-0.15, -0.1) is 11.3 Å². The van der Waals surface area contributed by atoms with Crippen LogP contribution >= 0.6 is 11.3 Å². The molecule has 0 amide bonds. The zero-order valence-corrected chi connectivity index (χ0v) is 15.2. The van der Waals surface area contributed by atoms with Crippen LogP contribution in [-0.2, 0) is 0 Å². The Morgan fingerprint density at radius 3 is 2.73 bits per heavy atom. The lowest BCUT2D eigenvalue weighted by Gasteiger charge is -2.17. The smallest absolute Gasteiger partial charge is 0.194 e. The predicted octanol–water partition coefficient (Wildman–Crippen LogP) is 4.93. The van der Waals surface area contributed by atoms with Crippen LogP contribution < -0.4 is 9.64 Å². The molecule has 0 spiro atoms. The van der Waals surface area contributed by atoms with Gasteiger partial charge in [-0.1, -0.05) is 12.1 Å². The van der Waals surface area contributed by atoms with Gasteiger partial charge in [0.1, 0.15) is 5.01 Å². The Labute approximate surface area is 155 Å². The van der Waals surface area contributed by atoms with Gasteiger partial charge in [-0.05, 0) is 37.1 Å². The first kappa shape index (κ1) is 16.8. The largest absolute Gasteiger partial charge is 0.502 e. The maximum Gasteiger partial charge on any atom is 0.194 e. The monoisotopic (exact) mass is 370 g/mol. The van der Waals surface area contributed by atoms with Crippen LogP contribution in [0.2, 0.25) is 0 Å². The van der Waals surface area contributed by atoms with Gasteiger partial charge in [0.2, 0.25) is 0 Å². The lowest BCUT2D eigenvalue weighted by Crippen LogP contribution is -2.17. The van der Waals surface area contributed by atoms with Crippen LogP contribution in [0.15, 0.2) is 41.8 Å². The quantitative estimate of drug-likeness (QED) is 0.707. The fraction of sp³-hybridized carbons (Fsp3) is 0.250.